The molecule has 0 aliphatic rings. The number of hydrogen-bond acceptors (Lipinski definition) is 4. The summed E-state index contributed by atoms with van der Waals surface area (Å²) in [5.41, 5.74) is 0. The van der Waals surface area contributed by atoms with Crippen LogP contribution in [0.5, 0.6) is 0 Å². The average Bonchev–Trinajstić information content (AvgIpc) is 2.21. The first-order chi connectivity index (χ1) is 7.38. The Labute approximate surface area is 93.2 Å². The Kier molecular flexibility index (Phi) is 5.91. The van der Waals surface area contributed by atoms with Crippen LogP contribution in [-0.2, 0) is 14.3 Å². The number of amides is 2. The second-order valence-electron chi connectivity index (χ2n) is 3.46. The second-order valence-corrected chi connectivity index (χ2v) is 3.46. The van der Waals surface area contributed by atoms with Crippen LogP contribution in [0.25, 0.3) is 0 Å². The van der Waals surface area contributed by atoms with E-state index in [-0.39, 0.29) is 12.5 Å². The predicted molar refractivity (Wildman–Crippen MR) is 54.8 cm³/mol. The van der Waals surface area contributed by atoms with Crippen LogP contribution in [-0.4, -0.2) is 42.8 Å². The molecule has 0 fully saturated rings. The van der Waals surface area contributed by atoms with Crippen molar-refractivity contribution in [2.24, 2.45) is 5.92 Å². The van der Waals surface area contributed by atoms with E-state index in [9.17, 15) is 14.4 Å². The number of ether oxygens (including phenoxy) is 1. The molecule has 2 amide bonds. The lowest BCUT2D eigenvalue weighted by atomic mass is 10.1. The second kappa shape index (κ2) is 6.65. The van der Waals surface area contributed by atoms with Gasteiger partial charge in [-0.25, -0.2) is 9.59 Å². The number of rotatable bonds is 5. The summed E-state index contributed by atoms with van der Waals surface area (Å²) < 4.78 is 4.30. The number of carbonyl (C=O) groups is 3. The minimum absolute atomic E-state index is 0.249. The van der Waals surface area contributed by atoms with Gasteiger partial charge in [-0.1, -0.05) is 13.8 Å². The van der Waals surface area contributed by atoms with Crippen LogP contribution in [0.3, 0.4) is 0 Å². The van der Waals surface area contributed by atoms with Gasteiger partial charge in [0.1, 0.15) is 12.6 Å². The number of carboxylic acid groups (broad SMARTS) is 1. The maximum atomic E-state index is 11.2. The number of nitrogens with one attached hydrogen (secondary N) is 2. The quantitative estimate of drug-likeness (QED) is 0.558. The van der Waals surface area contributed by atoms with E-state index in [2.05, 4.69) is 15.4 Å². The average molecular weight is 232 g/mol. The van der Waals surface area contributed by atoms with E-state index in [0.717, 1.165) is 0 Å². The normalized spacial score (nSPS) is 11.8. The number of esters is 1. The molecule has 0 saturated heterocycles. The molecular formula is C9H16N2O5. The van der Waals surface area contributed by atoms with Crippen molar-refractivity contribution in [2.75, 3.05) is 13.7 Å². The number of aliphatic carboxylic acids is 1. The molecule has 0 saturated carbocycles. The third-order valence-corrected chi connectivity index (χ3v) is 1.84. The van der Waals surface area contributed by atoms with Crippen LogP contribution in [0.2, 0.25) is 0 Å². The van der Waals surface area contributed by atoms with Crippen molar-refractivity contribution in [3.8, 4) is 0 Å². The van der Waals surface area contributed by atoms with Gasteiger partial charge >= 0.3 is 18.0 Å². The van der Waals surface area contributed by atoms with Gasteiger partial charge in [0.15, 0.2) is 0 Å². The van der Waals surface area contributed by atoms with Gasteiger partial charge in [-0.05, 0) is 5.92 Å². The van der Waals surface area contributed by atoms with Crippen LogP contribution >= 0.6 is 0 Å². The first-order valence-corrected chi connectivity index (χ1v) is 4.72. The molecule has 0 radical (unpaired) electrons. The number of hydrogen-bond donors (Lipinski definition) is 3. The van der Waals surface area contributed by atoms with Crippen LogP contribution < -0.4 is 10.6 Å². The number of carbonyl (C=O) groups excluding carboxylic acids is 2. The van der Waals surface area contributed by atoms with E-state index in [1.54, 1.807) is 13.8 Å². The summed E-state index contributed by atoms with van der Waals surface area (Å²) in [5.74, 6) is -1.98. The van der Waals surface area contributed by atoms with Crippen molar-refractivity contribution >= 4 is 18.0 Å². The van der Waals surface area contributed by atoms with Crippen LogP contribution in [0.15, 0.2) is 0 Å². The summed E-state index contributed by atoms with van der Waals surface area (Å²) in [6, 6.07) is -1.70. The highest BCUT2D eigenvalue weighted by Gasteiger charge is 2.23. The van der Waals surface area contributed by atoms with Crippen molar-refractivity contribution < 1.29 is 24.2 Å². The topological polar surface area (TPSA) is 105 Å². The lowest BCUT2D eigenvalue weighted by molar-refractivity contribution is -0.140. The smallest absolute Gasteiger partial charge is 0.326 e. The molecule has 0 heterocycles. The maximum Gasteiger partial charge on any atom is 0.326 e. The molecule has 1 atom stereocenters. The molecule has 0 aromatic heterocycles. The summed E-state index contributed by atoms with van der Waals surface area (Å²) in [4.78, 5) is 32.6. The van der Waals surface area contributed by atoms with Crippen molar-refractivity contribution in [1.29, 1.82) is 0 Å². The summed E-state index contributed by atoms with van der Waals surface area (Å²) in [5, 5.41) is 13.2. The molecular weight excluding hydrogens is 216 g/mol. The molecule has 3 N–H and O–H groups in total. The Morgan fingerprint density at radius 1 is 1.31 bits per heavy atom. The van der Waals surface area contributed by atoms with Crippen molar-refractivity contribution in [3.63, 3.8) is 0 Å². The highest BCUT2D eigenvalue weighted by atomic mass is 16.5. The molecule has 0 spiro atoms. The highest BCUT2D eigenvalue weighted by molar-refractivity contribution is 5.85. The molecule has 7 nitrogen and oxygen atoms in total. The number of methoxy groups -OCH3 is 1. The first-order valence-electron chi connectivity index (χ1n) is 4.72. The zero-order chi connectivity index (χ0) is 12.7. The number of carboxylic acids is 1. The summed E-state index contributed by atoms with van der Waals surface area (Å²) in [6.07, 6.45) is 0. The standard InChI is InChI=1S/C9H16N2O5/c1-5(2)7(8(13)14)11-9(15)10-4-6(12)16-3/h5,7H,4H2,1-3H3,(H,13,14)(H2,10,11,15)/t7-/m1/s1. The molecule has 7 heteroatoms. The van der Waals surface area contributed by atoms with Gasteiger partial charge in [-0.15, -0.1) is 0 Å². The van der Waals surface area contributed by atoms with E-state index in [1.807, 2.05) is 0 Å². The Morgan fingerprint density at radius 3 is 2.25 bits per heavy atom. The minimum atomic E-state index is -1.12. The third kappa shape index (κ3) is 5.18. The van der Waals surface area contributed by atoms with E-state index in [1.165, 1.54) is 7.11 Å². The van der Waals surface area contributed by atoms with E-state index >= 15 is 0 Å². The van der Waals surface area contributed by atoms with Gasteiger partial charge in [0.25, 0.3) is 0 Å². The van der Waals surface area contributed by atoms with E-state index in [4.69, 9.17) is 5.11 Å². The molecule has 0 aliphatic heterocycles. The minimum Gasteiger partial charge on any atom is -0.480 e. The Morgan fingerprint density at radius 2 is 1.88 bits per heavy atom. The molecule has 0 bridgehead atoms. The summed E-state index contributed by atoms with van der Waals surface area (Å²) in [7, 11) is 1.19. The highest BCUT2D eigenvalue weighted by Crippen LogP contribution is 2.00. The monoisotopic (exact) mass is 232 g/mol. The third-order valence-electron chi connectivity index (χ3n) is 1.84. The summed E-state index contributed by atoms with van der Waals surface area (Å²) in [6.45, 7) is 3.03. The number of urea groups is 1. The zero-order valence-electron chi connectivity index (χ0n) is 9.44. The maximum absolute atomic E-state index is 11.2. The molecule has 16 heavy (non-hydrogen) atoms. The van der Waals surface area contributed by atoms with E-state index in [0.29, 0.717) is 0 Å². The molecule has 0 aliphatic carbocycles. The molecule has 0 unspecified atom stereocenters. The fourth-order valence-corrected chi connectivity index (χ4v) is 0.930. The first kappa shape index (κ1) is 14.2. The Bertz CT molecular complexity index is 277. The Balaban J connectivity index is 4.11. The predicted octanol–water partition coefficient (Wildman–Crippen LogP) is -0.432. The van der Waals surface area contributed by atoms with E-state index < -0.39 is 24.0 Å². The molecule has 0 rings (SSSR count). The molecule has 0 aromatic carbocycles. The van der Waals surface area contributed by atoms with Crippen molar-refractivity contribution in [2.45, 2.75) is 19.9 Å². The van der Waals surface area contributed by atoms with Crippen molar-refractivity contribution in [1.82, 2.24) is 10.6 Å². The SMILES string of the molecule is COC(=O)CNC(=O)N[C@@H](C(=O)O)C(C)C. The van der Waals surface area contributed by atoms with Crippen LogP contribution in [0.4, 0.5) is 4.79 Å². The lowest BCUT2D eigenvalue weighted by Crippen LogP contribution is -2.49. The van der Waals surface area contributed by atoms with Crippen LogP contribution in [0, 0.1) is 5.92 Å². The van der Waals surface area contributed by atoms with Crippen LogP contribution in [0.1, 0.15) is 13.8 Å². The fraction of sp³-hybridized carbons (Fsp3) is 0.667. The van der Waals surface area contributed by atoms with Gasteiger partial charge in [0.2, 0.25) is 0 Å². The largest absolute Gasteiger partial charge is 0.480 e. The molecule has 0 aromatic rings. The summed E-state index contributed by atoms with van der Waals surface area (Å²) >= 11 is 0. The van der Waals surface area contributed by atoms with Gasteiger partial charge < -0.3 is 20.5 Å². The van der Waals surface area contributed by atoms with Gasteiger partial charge in [0.05, 0.1) is 7.11 Å². The molecule has 92 valence electrons. The van der Waals surface area contributed by atoms with Gasteiger partial charge in [-0.3, -0.25) is 4.79 Å². The van der Waals surface area contributed by atoms with Gasteiger partial charge in [0, 0.05) is 0 Å². The lowest BCUT2D eigenvalue weighted by Gasteiger charge is -2.17. The van der Waals surface area contributed by atoms with Gasteiger partial charge in [-0.2, -0.15) is 0 Å². The Hall–Kier alpha value is -1.79. The fourth-order valence-electron chi connectivity index (χ4n) is 0.930. The van der Waals surface area contributed by atoms with Crippen molar-refractivity contribution in [3.05, 3.63) is 0 Å². The zero-order valence-corrected chi connectivity index (χ0v) is 9.44.